The molecule has 18 heavy (non-hydrogen) atoms. The van der Waals surface area contributed by atoms with Crippen molar-refractivity contribution in [3.63, 3.8) is 0 Å². The molecule has 0 heterocycles. The first-order valence-corrected chi connectivity index (χ1v) is 7.86. The number of hydrogen-bond donors (Lipinski definition) is 1. The van der Waals surface area contributed by atoms with Gasteiger partial charge in [-0.3, -0.25) is 0 Å². The molecular weight excluding hydrogens is 222 g/mol. The molecule has 0 bridgehead atoms. The third-order valence-corrected chi connectivity index (χ3v) is 3.24. The number of hydrogen-bond acceptors (Lipinski definition) is 2. The Balaban J connectivity index is 2.90. The van der Waals surface area contributed by atoms with Crippen molar-refractivity contribution in [2.24, 2.45) is 5.73 Å². The molecule has 0 saturated heterocycles. The minimum Gasteiger partial charge on any atom is -0.405 e. The fraction of sp³-hybridized carbons (Fsp3) is 0.875. The SMILES string of the molecule is CCCCCCCCCCCCCOCC=CN. The highest BCUT2D eigenvalue weighted by Gasteiger charge is 1.93. The van der Waals surface area contributed by atoms with Crippen LogP contribution in [0.15, 0.2) is 12.3 Å². The summed E-state index contributed by atoms with van der Waals surface area (Å²) in [4.78, 5) is 0. The van der Waals surface area contributed by atoms with Gasteiger partial charge < -0.3 is 10.5 Å². The lowest BCUT2D eigenvalue weighted by Gasteiger charge is -2.03. The van der Waals surface area contributed by atoms with Crippen molar-refractivity contribution in [1.29, 1.82) is 0 Å². The van der Waals surface area contributed by atoms with Crippen LogP contribution in [0.25, 0.3) is 0 Å². The van der Waals surface area contributed by atoms with E-state index < -0.39 is 0 Å². The maximum atomic E-state index is 5.39. The second kappa shape index (κ2) is 16.5. The molecule has 0 aromatic rings. The first-order chi connectivity index (χ1) is 8.91. The molecule has 0 aromatic carbocycles. The molecule has 0 aliphatic rings. The van der Waals surface area contributed by atoms with Gasteiger partial charge in [-0.15, -0.1) is 0 Å². The second-order valence-electron chi connectivity index (χ2n) is 5.04. The summed E-state index contributed by atoms with van der Waals surface area (Å²) in [6.45, 7) is 3.81. The van der Waals surface area contributed by atoms with Gasteiger partial charge in [0, 0.05) is 6.61 Å². The Morgan fingerprint density at radius 1 is 0.778 bits per heavy atom. The molecule has 0 rings (SSSR count). The zero-order valence-corrected chi connectivity index (χ0v) is 12.3. The van der Waals surface area contributed by atoms with Gasteiger partial charge in [0.1, 0.15) is 0 Å². The van der Waals surface area contributed by atoms with E-state index in [1.807, 2.05) is 6.08 Å². The van der Waals surface area contributed by atoms with Crippen molar-refractivity contribution in [2.75, 3.05) is 13.2 Å². The molecular formula is C16H33NO. The van der Waals surface area contributed by atoms with Crippen molar-refractivity contribution in [1.82, 2.24) is 0 Å². The molecule has 0 aromatic heterocycles. The van der Waals surface area contributed by atoms with E-state index >= 15 is 0 Å². The van der Waals surface area contributed by atoms with E-state index in [-0.39, 0.29) is 0 Å². The Morgan fingerprint density at radius 3 is 1.78 bits per heavy atom. The summed E-state index contributed by atoms with van der Waals surface area (Å²) in [7, 11) is 0. The lowest BCUT2D eigenvalue weighted by molar-refractivity contribution is 0.157. The molecule has 0 atom stereocenters. The molecule has 2 heteroatoms. The standard InChI is InChI=1S/C16H33NO/c1-2-3-4-5-6-7-8-9-10-11-12-15-18-16-13-14-17/h13-14H,2-12,15-17H2,1H3. The predicted molar refractivity (Wildman–Crippen MR) is 80.6 cm³/mol. The summed E-state index contributed by atoms with van der Waals surface area (Å²) in [6.07, 6.45) is 18.6. The normalized spacial score (nSPS) is 11.4. The van der Waals surface area contributed by atoms with Gasteiger partial charge in [0.25, 0.3) is 0 Å². The van der Waals surface area contributed by atoms with Crippen molar-refractivity contribution >= 4 is 0 Å². The molecule has 0 unspecified atom stereocenters. The zero-order chi connectivity index (χ0) is 13.3. The monoisotopic (exact) mass is 255 g/mol. The first kappa shape index (κ1) is 17.5. The topological polar surface area (TPSA) is 35.2 Å². The lowest BCUT2D eigenvalue weighted by atomic mass is 10.1. The van der Waals surface area contributed by atoms with Crippen molar-refractivity contribution in [2.45, 2.75) is 77.6 Å². The Labute approximate surface area is 114 Å². The van der Waals surface area contributed by atoms with E-state index in [9.17, 15) is 0 Å². The molecule has 2 N–H and O–H groups in total. The Bertz CT molecular complexity index is 168. The highest BCUT2D eigenvalue weighted by Crippen LogP contribution is 2.11. The van der Waals surface area contributed by atoms with Crippen molar-refractivity contribution < 1.29 is 4.74 Å². The van der Waals surface area contributed by atoms with Gasteiger partial charge in [-0.1, -0.05) is 71.1 Å². The summed E-state index contributed by atoms with van der Waals surface area (Å²) in [5.74, 6) is 0. The van der Waals surface area contributed by atoms with Gasteiger partial charge in [0.05, 0.1) is 6.61 Å². The van der Waals surface area contributed by atoms with Crippen LogP contribution < -0.4 is 5.73 Å². The van der Waals surface area contributed by atoms with Crippen molar-refractivity contribution in [3.05, 3.63) is 12.3 Å². The largest absolute Gasteiger partial charge is 0.405 e. The van der Waals surface area contributed by atoms with E-state index in [0.29, 0.717) is 6.61 Å². The molecule has 0 aliphatic heterocycles. The Hall–Kier alpha value is -0.500. The molecule has 0 spiro atoms. The zero-order valence-electron chi connectivity index (χ0n) is 12.3. The van der Waals surface area contributed by atoms with Crippen LogP contribution in [0.2, 0.25) is 0 Å². The maximum Gasteiger partial charge on any atom is 0.0664 e. The number of rotatable bonds is 14. The third-order valence-electron chi connectivity index (χ3n) is 3.24. The van der Waals surface area contributed by atoms with E-state index in [0.717, 1.165) is 6.61 Å². The van der Waals surface area contributed by atoms with E-state index in [4.69, 9.17) is 10.5 Å². The fourth-order valence-corrected chi connectivity index (χ4v) is 2.08. The van der Waals surface area contributed by atoms with Crippen LogP contribution in [0.4, 0.5) is 0 Å². The van der Waals surface area contributed by atoms with Crippen LogP contribution in [-0.4, -0.2) is 13.2 Å². The summed E-state index contributed by atoms with van der Waals surface area (Å²) in [6, 6.07) is 0. The van der Waals surface area contributed by atoms with Crippen LogP contribution in [0.3, 0.4) is 0 Å². The average molecular weight is 255 g/mol. The second-order valence-corrected chi connectivity index (χ2v) is 5.04. The van der Waals surface area contributed by atoms with Gasteiger partial charge >= 0.3 is 0 Å². The first-order valence-electron chi connectivity index (χ1n) is 7.86. The van der Waals surface area contributed by atoms with Crippen LogP contribution in [-0.2, 0) is 4.74 Å². The highest BCUT2D eigenvalue weighted by molar-refractivity contribution is 4.74. The number of unbranched alkanes of at least 4 members (excludes halogenated alkanes) is 10. The van der Waals surface area contributed by atoms with Gasteiger partial charge in [-0.25, -0.2) is 0 Å². The number of ether oxygens (including phenoxy) is 1. The maximum absolute atomic E-state index is 5.39. The molecule has 0 saturated carbocycles. The quantitative estimate of drug-likeness (QED) is 0.453. The van der Waals surface area contributed by atoms with Crippen LogP contribution in [0.5, 0.6) is 0 Å². The van der Waals surface area contributed by atoms with E-state index in [1.54, 1.807) is 6.20 Å². The minimum absolute atomic E-state index is 0.661. The van der Waals surface area contributed by atoms with Gasteiger partial charge in [0.2, 0.25) is 0 Å². The Kier molecular flexibility index (Phi) is 16.0. The smallest absolute Gasteiger partial charge is 0.0664 e. The fourth-order valence-electron chi connectivity index (χ4n) is 2.08. The molecule has 108 valence electrons. The molecule has 2 nitrogen and oxygen atoms in total. The van der Waals surface area contributed by atoms with Crippen LogP contribution in [0, 0.1) is 0 Å². The highest BCUT2D eigenvalue weighted by atomic mass is 16.5. The van der Waals surface area contributed by atoms with Gasteiger partial charge in [0.15, 0.2) is 0 Å². The molecule has 0 amide bonds. The molecule has 0 aliphatic carbocycles. The van der Waals surface area contributed by atoms with E-state index in [2.05, 4.69) is 6.92 Å². The van der Waals surface area contributed by atoms with Gasteiger partial charge in [-0.2, -0.15) is 0 Å². The Morgan fingerprint density at radius 2 is 1.28 bits per heavy atom. The van der Waals surface area contributed by atoms with Crippen molar-refractivity contribution in [3.8, 4) is 0 Å². The lowest BCUT2D eigenvalue weighted by Crippen LogP contribution is -1.95. The molecule has 0 fully saturated rings. The third kappa shape index (κ3) is 15.5. The summed E-state index contributed by atoms with van der Waals surface area (Å²) in [5, 5.41) is 0. The van der Waals surface area contributed by atoms with Crippen LogP contribution >= 0.6 is 0 Å². The van der Waals surface area contributed by atoms with Gasteiger partial charge in [-0.05, 0) is 18.7 Å². The van der Waals surface area contributed by atoms with E-state index in [1.165, 1.54) is 70.6 Å². The summed E-state index contributed by atoms with van der Waals surface area (Å²) >= 11 is 0. The summed E-state index contributed by atoms with van der Waals surface area (Å²) < 4.78 is 5.39. The number of nitrogens with two attached hydrogens (primary N) is 1. The average Bonchev–Trinajstić information content (AvgIpc) is 2.39. The molecule has 0 radical (unpaired) electrons. The summed E-state index contributed by atoms with van der Waals surface area (Å²) in [5.41, 5.74) is 5.22. The predicted octanol–water partition coefficient (Wildman–Crippen LogP) is 4.79. The van der Waals surface area contributed by atoms with Crippen LogP contribution in [0.1, 0.15) is 77.6 Å². The minimum atomic E-state index is 0.661.